The maximum Gasteiger partial charge on any atom is 0.567 e. The Balaban J connectivity index is 0.000001000. The molecular weight excluding hydrogens is 272 g/mol. The fourth-order valence-electron chi connectivity index (χ4n) is 0.600. The molecule has 0 aliphatic carbocycles. The molecule has 0 amide bonds. The lowest BCUT2D eigenvalue weighted by Crippen LogP contribution is -3.00. The third-order valence-corrected chi connectivity index (χ3v) is 1.06. The topological polar surface area (TPSA) is 8.81 Å². The van der Waals surface area contributed by atoms with Crippen LogP contribution in [-0.2, 0) is 13.3 Å². The Kier molecular flexibility index (Phi) is 3.33. The molecule has 0 aliphatic rings. The summed E-state index contributed by atoms with van der Waals surface area (Å²) in [5.41, 5.74) is 0. The minimum absolute atomic E-state index is 0. The first-order valence-electron chi connectivity index (χ1n) is 2.60. The molecule has 11 heavy (non-hydrogen) atoms. The minimum atomic E-state index is -4.29. The van der Waals surface area contributed by atoms with Crippen molar-refractivity contribution >= 4 is 0 Å². The van der Waals surface area contributed by atoms with E-state index < -0.39 is 6.30 Å². The van der Waals surface area contributed by atoms with Gasteiger partial charge in [-0.05, 0) is 0 Å². The molecule has 0 aliphatic heterocycles. The first kappa shape index (κ1) is 10.7. The van der Waals surface area contributed by atoms with Crippen molar-refractivity contribution in [2.24, 2.45) is 7.05 Å². The molecule has 6 heteroatoms. The molecular formula is C5H6F3IN2. The van der Waals surface area contributed by atoms with Crippen LogP contribution in [0.5, 0.6) is 0 Å². The zero-order chi connectivity index (χ0) is 7.78. The van der Waals surface area contributed by atoms with Crippen molar-refractivity contribution in [2.45, 2.75) is 6.30 Å². The highest BCUT2D eigenvalue weighted by Gasteiger charge is 2.36. The van der Waals surface area contributed by atoms with Crippen LogP contribution in [0.2, 0.25) is 0 Å². The number of aryl methyl sites for hydroxylation is 1. The number of rotatable bonds is 0. The lowest BCUT2D eigenvalue weighted by atomic mass is 10.9. The molecule has 0 saturated carbocycles. The first-order valence-corrected chi connectivity index (χ1v) is 2.60. The molecule has 0 saturated heterocycles. The molecule has 1 heterocycles. The second kappa shape index (κ2) is 3.42. The average molecular weight is 278 g/mol. The number of hydrogen-bond acceptors (Lipinski definition) is 0. The van der Waals surface area contributed by atoms with E-state index >= 15 is 0 Å². The van der Waals surface area contributed by atoms with Crippen LogP contribution in [0.25, 0.3) is 0 Å². The van der Waals surface area contributed by atoms with E-state index in [4.69, 9.17) is 0 Å². The van der Waals surface area contributed by atoms with Crippen LogP contribution >= 0.6 is 0 Å². The zero-order valence-corrected chi connectivity index (χ0v) is 7.80. The quantitative estimate of drug-likeness (QED) is 0.376. The standard InChI is InChI=1S/C5H6F3N2.HI/c1-9-2-3-10(4-9)5(6,7)8;/h2-4H,1H3;1H/q+1;/p-1. The van der Waals surface area contributed by atoms with Gasteiger partial charge in [0.25, 0.3) is 6.33 Å². The summed E-state index contributed by atoms with van der Waals surface area (Å²) in [6, 6.07) is 0. The van der Waals surface area contributed by atoms with Gasteiger partial charge < -0.3 is 24.0 Å². The molecule has 2 nitrogen and oxygen atoms in total. The molecule has 0 radical (unpaired) electrons. The summed E-state index contributed by atoms with van der Waals surface area (Å²) in [6.45, 7) is 0. The molecule has 64 valence electrons. The van der Waals surface area contributed by atoms with Gasteiger partial charge in [0.15, 0.2) is 0 Å². The van der Waals surface area contributed by atoms with Gasteiger partial charge in [0.05, 0.1) is 7.05 Å². The van der Waals surface area contributed by atoms with Crippen molar-refractivity contribution in [3.05, 3.63) is 18.7 Å². The number of aromatic nitrogens is 2. The molecule has 0 fully saturated rings. The third-order valence-electron chi connectivity index (χ3n) is 1.06. The third kappa shape index (κ3) is 2.68. The molecule has 0 spiro atoms. The molecule has 0 aromatic carbocycles. The SMILES string of the molecule is C[n+]1ccn(C(F)(F)F)c1.[I-]. The Bertz CT molecular complexity index is 230. The summed E-state index contributed by atoms with van der Waals surface area (Å²) < 4.78 is 36.8. The van der Waals surface area contributed by atoms with Crippen LogP contribution in [0.4, 0.5) is 13.2 Å². The van der Waals surface area contributed by atoms with E-state index in [-0.39, 0.29) is 28.5 Å². The Hall–Kier alpha value is -0.270. The fraction of sp³-hybridized carbons (Fsp3) is 0.400. The van der Waals surface area contributed by atoms with Gasteiger partial charge in [-0.1, -0.05) is 0 Å². The summed E-state index contributed by atoms with van der Waals surface area (Å²) in [7, 11) is 1.53. The Morgan fingerprint density at radius 2 is 1.91 bits per heavy atom. The monoisotopic (exact) mass is 278 g/mol. The van der Waals surface area contributed by atoms with Crippen molar-refractivity contribution in [3.8, 4) is 0 Å². The van der Waals surface area contributed by atoms with E-state index in [1.165, 1.54) is 17.8 Å². The largest absolute Gasteiger partial charge is 1.00 e. The second-order valence-corrected chi connectivity index (χ2v) is 1.95. The Morgan fingerprint density at radius 3 is 2.09 bits per heavy atom. The number of nitrogens with zero attached hydrogens (tertiary/aromatic N) is 2. The normalized spacial score (nSPS) is 10.9. The highest BCUT2D eigenvalue weighted by atomic mass is 127. The molecule has 1 aromatic heterocycles. The number of hydrogen-bond donors (Lipinski definition) is 0. The zero-order valence-electron chi connectivity index (χ0n) is 5.64. The molecule has 1 aromatic rings. The predicted molar refractivity (Wildman–Crippen MR) is 26.9 cm³/mol. The van der Waals surface area contributed by atoms with Crippen LogP contribution in [0.1, 0.15) is 0 Å². The fourth-order valence-corrected chi connectivity index (χ4v) is 0.600. The van der Waals surface area contributed by atoms with Crippen LogP contribution in [0.15, 0.2) is 18.7 Å². The van der Waals surface area contributed by atoms with E-state index in [1.807, 2.05) is 0 Å². The van der Waals surface area contributed by atoms with Crippen LogP contribution in [0, 0.1) is 0 Å². The molecule has 1 rings (SSSR count). The van der Waals surface area contributed by atoms with Gasteiger partial charge in [-0.25, -0.2) is 4.57 Å². The molecule has 0 atom stereocenters. The van der Waals surface area contributed by atoms with Gasteiger partial charge in [0.1, 0.15) is 12.4 Å². The maximum atomic E-state index is 11.8. The van der Waals surface area contributed by atoms with E-state index in [9.17, 15) is 13.2 Å². The van der Waals surface area contributed by atoms with Crippen LogP contribution in [-0.4, -0.2) is 4.57 Å². The van der Waals surface area contributed by atoms with Crippen molar-refractivity contribution in [3.63, 3.8) is 0 Å². The molecule has 0 bridgehead atoms. The molecule has 0 N–H and O–H groups in total. The second-order valence-electron chi connectivity index (χ2n) is 1.95. The average Bonchev–Trinajstić information content (AvgIpc) is 2.11. The number of halogens is 4. The lowest BCUT2D eigenvalue weighted by molar-refractivity contribution is -0.672. The summed E-state index contributed by atoms with van der Waals surface area (Å²) in [5.74, 6) is 0. The number of imidazole rings is 1. The first-order chi connectivity index (χ1) is 4.50. The van der Waals surface area contributed by atoms with Gasteiger partial charge in [-0.2, -0.15) is 0 Å². The summed E-state index contributed by atoms with van der Waals surface area (Å²) in [6.07, 6.45) is -1.05. The van der Waals surface area contributed by atoms with E-state index in [1.54, 1.807) is 0 Å². The summed E-state index contributed by atoms with van der Waals surface area (Å²) in [5, 5.41) is 0. The highest BCUT2D eigenvalue weighted by Crippen LogP contribution is 2.19. The molecule has 0 unspecified atom stereocenters. The van der Waals surface area contributed by atoms with E-state index in [0.717, 1.165) is 12.5 Å². The minimum Gasteiger partial charge on any atom is -1.00 e. The van der Waals surface area contributed by atoms with Gasteiger partial charge in [0, 0.05) is 0 Å². The smallest absolute Gasteiger partial charge is 0.567 e. The van der Waals surface area contributed by atoms with Crippen molar-refractivity contribution < 1.29 is 41.7 Å². The Labute approximate surface area is 78.7 Å². The van der Waals surface area contributed by atoms with Gasteiger partial charge in [0.2, 0.25) is 0 Å². The van der Waals surface area contributed by atoms with E-state index in [0.29, 0.717) is 0 Å². The van der Waals surface area contributed by atoms with Crippen molar-refractivity contribution in [2.75, 3.05) is 0 Å². The van der Waals surface area contributed by atoms with E-state index in [2.05, 4.69) is 0 Å². The predicted octanol–water partition coefficient (Wildman–Crippen LogP) is -2.21. The van der Waals surface area contributed by atoms with Crippen molar-refractivity contribution in [1.29, 1.82) is 0 Å². The summed E-state index contributed by atoms with van der Waals surface area (Å²) in [4.78, 5) is 0. The van der Waals surface area contributed by atoms with Gasteiger partial charge in [-0.3, -0.25) is 0 Å². The van der Waals surface area contributed by atoms with Crippen LogP contribution in [0.3, 0.4) is 0 Å². The summed E-state index contributed by atoms with van der Waals surface area (Å²) >= 11 is 0. The maximum absolute atomic E-state index is 11.8. The van der Waals surface area contributed by atoms with Gasteiger partial charge >= 0.3 is 6.30 Å². The lowest BCUT2D eigenvalue weighted by Gasteiger charge is -1.97. The number of alkyl halides is 3. The Morgan fingerprint density at radius 1 is 1.36 bits per heavy atom. The van der Waals surface area contributed by atoms with Gasteiger partial charge in [-0.15, -0.1) is 17.7 Å². The van der Waals surface area contributed by atoms with Crippen LogP contribution < -0.4 is 28.5 Å². The van der Waals surface area contributed by atoms with Crippen molar-refractivity contribution in [1.82, 2.24) is 4.57 Å². The highest BCUT2D eigenvalue weighted by molar-refractivity contribution is 4.68.